The zero-order valence-corrected chi connectivity index (χ0v) is 8.69. The highest BCUT2D eigenvalue weighted by Crippen LogP contribution is 2.21. The number of carbonyl (C=O) groups excluding carboxylic acids is 1. The Morgan fingerprint density at radius 3 is 2.80 bits per heavy atom. The Kier molecular flexibility index (Phi) is 3.79. The van der Waals surface area contributed by atoms with Gasteiger partial charge in [-0.3, -0.25) is 4.79 Å². The number of nitrogens with zero attached hydrogens (tertiary/aromatic N) is 2. The molecule has 5 nitrogen and oxygen atoms in total. The van der Waals surface area contributed by atoms with Crippen molar-refractivity contribution in [3.63, 3.8) is 0 Å². The lowest BCUT2D eigenvalue weighted by molar-refractivity contribution is -0.139. The molecule has 0 saturated heterocycles. The summed E-state index contributed by atoms with van der Waals surface area (Å²) in [6.45, 7) is 3.59. The van der Waals surface area contributed by atoms with E-state index >= 15 is 0 Å². The van der Waals surface area contributed by atoms with Crippen LogP contribution >= 0.6 is 0 Å². The maximum atomic E-state index is 11.1. The summed E-state index contributed by atoms with van der Waals surface area (Å²) in [7, 11) is 2.82. The molecular formula is C10H12N2O3. The maximum absolute atomic E-state index is 11.1. The summed E-state index contributed by atoms with van der Waals surface area (Å²) >= 11 is 0. The largest absolute Gasteiger partial charge is 0.493 e. The third-order valence-electron chi connectivity index (χ3n) is 1.84. The zero-order valence-electron chi connectivity index (χ0n) is 8.69. The number of aromatic nitrogens is 2. The molecule has 0 aliphatic carbocycles. The molecule has 0 spiro atoms. The van der Waals surface area contributed by atoms with Crippen molar-refractivity contribution in [3.05, 3.63) is 24.3 Å². The van der Waals surface area contributed by atoms with Gasteiger partial charge in [-0.25, -0.2) is 9.97 Å². The average molecular weight is 208 g/mol. The summed E-state index contributed by atoms with van der Waals surface area (Å²) in [5.41, 5.74) is 1.06. The van der Waals surface area contributed by atoms with Crippen molar-refractivity contribution < 1.29 is 14.3 Å². The minimum absolute atomic E-state index is 0.0586. The van der Waals surface area contributed by atoms with E-state index in [1.54, 1.807) is 6.08 Å². The first-order valence-corrected chi connectivity index (χ1v) is 4.30. The number of esters is 1. The molecule has 1 heterocycles. The maximum Gasteiger partial charge on any atom is 0.311 e. The molecule has 0 fully saturated rings. The van der Waals surface area contributed by atoms with Crippen molar-refractivity contribution in [3.8, 4) is 5.75 Å². The third-order valence-corrected chi connectivity index (χ3v) is 1.84. The lowest BCUT2D eigenvalue weighted by Gasteiger charge is -2.08. The second kappa shape index (κ2) is 5.09. The van der Waals surface area contributed by atoms with Crippen LogP contribution in [0.15, 0.2) is 12.9 Å². The molecule has 0 saturated carbocycles. The molecule has 0 aliphatic rings. The number of ether oxygens (including phenoxy) is 2. The van der Waals surface area contributed by atoms with Gasteiger partial charge in [-0.15, -0.1) is 0 Å². The summed E-state index contributed by atoms with van der Waals surface area (Å²) < 4.78 is 9.66. The smallest absolute Gasteiger partial charge is 0.311 e. The predicted molar refractivity (Wildman–Crippen MR) is 54.4 cm³/mol. The molecule has 0 N–H and O–H groups in total. The van der Waals surface area contributed by atoms with Crippen LogP contribution in [0, 0.1) is 0 Å². The summed E-state index contributed by atoms with van der Waals surface area (Å²) in [4.78, 5) is 19.0. The molecule has 15 heavy (non-hydrogen) atoms. The zero-order chi connectivity index (χ0) is 11.3. The van der Waals surface area contributed by atoms with Crippen LogP contribution in [0.2, 0.25) is 0 Å². The number of hydrogen-bond donors (Lipinski definition) is 0. The Balaban J connectivity index is 3.06. The van der Waals surface area contributed by atoms with E-state index in [4.69, 9.17) is 4.74 Å². The highest BCUT2D eigenvalue weighted by atomic mass is 16.5. The SMILES string of the molecule is C=Cc1ncnc(CC(=O)OC)c1OC. The Labute approximate surface area is 87.8 Å². The minimum atomic E-state index is -0.373. The molecule has 5 heteroatoms. The van der Waals surface area contributed by atoms with E-state index in [0.29, 0.717) is 17.1 Å². The van der Waals surface area contributed by atoms with Gasteiger partial charge in [0.1, 0.15) is 12.0 Å². The fourth-order valence-corrected chi connectivity index (χ4v) is 1.13. The summed E-state index contributed by atoms with van der Waals surface area (Å²) in [6, 6.07) is 0. The number of rotatable bonds is 4. The molecular weight excluding hydrogens is 196 g/mol. The second-order valence-corrected chi connectivity index (χ2v) is 2.70. The Hall–Kier alpha value is -1.91. The van der Waals surface area contributed by atoms with Gasteiger partial charge in [0.15, 0.2) is 5.75 Å². The fourth-order valence-electron chi connectivity index (χ4n) is 1.13. The number of carbonyl (C=O) groups is 1. The van der Waals surface area contributed by atoms with Crippen molar-refractivity contribution in [1.82, 2.24) is 9.97 Å². The van der Waals surface area contributed by atoms with Crippen molar-refractivity contribution in [2.24, 2.45) is 0 Å². The van der Waals surface area contributed by atoms with Gasteiger partial charge in [0.2, 0.25) is 0 Å². The van der Waals surface area contributed by atoms with Crippen LogP contribution in [0.1, 0.15) is 11.4 Å². The molecule has 1 aromatic heterocycles. The monoisotopic (exact) mass is 208 g/mol. The van der Waals surface area contributed by atoms with E-state index in [-0.39, 0.29) is 12.4 Å². The highest BCUT2D eigenvalue weighted by Gasteiger charge is 2.13. The van der Waals surface area contributed by atoms with Crippen molar-refractivity contribution in [1.29, 1.82) is 0 Å². The van der Waals surface area contributed by atoms with Crippen LogP contribution in [0.25, 0.3) is 6.08 Å². The predicted octanol–water partition coefficient (Wildman–Crippen LogP) is 0.844. The molecule has 0 unspecified atom stereocenters. The van der Waals surface area contributed by atoms with Crippen molar-refractivity contribution >= 4 is 12.0 Å². The first kappa shape index (κ1) is 11.2. The van der Waals surface area contributed by atoms with Crippen molar-refractivity contribution in [2.45, 2.75) is 6.42 Å². The van der Waals surface area contributed by atoms with E-state index < -0.39 is 0 Å². The van der Waals surface area contributed by atoms with E-state index in [0.717, 1.165) is 0 Å². The van der Waals surface area contributed by atoms with E-state index in [2.05, 4.69) is 21.3 Å². The summed E-state index contributed by atoms with van der Waals surface area (Å²) in [5, 5.41) is 0. The van der Waals surface area contributed by atoms with E-state index in [1.807, 2.05) is 0 Å². The normalized spacial score (nSPS) is 9.47. The molecule has 0 radical (unpaired) electrons. The molecule has 1 rings (SSSR count). The topological polar surface area (TPSA) is 61.3 Å². The lowest BCUT2D eigenvalue weighted by atomic mass is 10.2. The first-order valence-electron chi connectivity index (χ1n) is 4.30. The Morgan fingerprint density at radius 1 is 1.53 bits per heavy atom. The molecule has 0 aromatic carbocycles. The van der Waals surface area contributed by atoms with Crippen LogP contribution < -0.4 is 4.74 Å². The Morgan fingerprint density at radius 2 is 2.27 bits per heavy atom. The second-order valence-electron chi connectivity index (χ2n) is 2.70. The molecule has 0 amide bonds. The van der Waals surface area contributed by atoms with Crippen molar-refractivity contribution in [2.75, 3.05) is 14.2 Å². The quantitative estimate of drug-likeness (QED) is 0.686. The highest BCUT2D eigenvalue weighted by molar-refractivity contribution is 5.73. The number of hydrogen-bond acceptors (Lipinski definition) is 5. The summed E-state index contributed by atoms with van der Waals surface area (Å²) in [6.07, 6.45) is 2.96. The molecule has 0 aliphatic heterocycles. The van der Waals surface area contributed by atoms with Gasteiger partial charge in [-0.1, -0.05) is 6.58 Å². The van der Waals surface area contributed by atoms with Gasteiger partial charge in [-0.05, 0) is 6.08 Å². The third kappa shape index (κ3) is 2.52. The van der Waals surface area contributed by atoms with Gasteiger partial charge in [-0.2, -0.15) is 0 Å². The van der Waals surface area contributed by atoms with Gasteiger partial charge in [0, 0.05) is 0 Å². The average Bonchev–Trinajstić information content (AvgIpc) is 2.28. The van der Waals surface area contributed by atoms with E-state index in [1.165, 1.54) is 20.5 Å². The van der Waals surface area contributed by atoms with Crippen LogP contribution in [0.3, 0.4) is 0 Å². The van der Waals surface area contributed by atoms with Gasteiger partial charge in [0.25, 0.3) is 0 Å². The van der Waals surface area contributed by atoms with Gasteiger partial charge >= 0.3 is 5.97 Å². The molecule has 0 bridgehead atoms. The molecule has 0 atom stereocenters. The van der Waals surface area contributed by atoms with Crippen LogP contribution in [-0.2, 0) is 16.0 Å². The van der Waals surface area contributed by atoms with Crippen LogP contribution in [-0.4, -0.2) is 30.2 Å². The van der Waals surface area contributed by atoms with Crippen LogP contribution in [0.4, 0.5) is 0 Å². The number of methoxy groups -OCH3 is 2. The molecule has 80 valence electrons. The standard InChI is InChI=1S/C10H12N2O3/c1-4-7-10(15-3)8(12-6-11-7)5-9(13)14-2/h4,6H,1,5H2,2-3H3. The molecule has 1 aromatic rings. The minimum Gasteiger partial charge on any atom is -0.493 e. The van der Waals surface area contributed by atoms with Gasteiger partial charge < -0.3 is 9.47 Å². The summed E-state index contributed by atoms with van der Waals surface area (Å²) in [5.74, 6) is 0.0833. The van der Waals surface area contributed by atoms with E-state index in [9.17, 15) is 4.79 Å². The lowest BCUT2D eigenvalue weighted by Crippen LogP contribution is -2.09. The Bertz CT molecular complexity index is 377. The first-order chi connectivity index (χ1) is 7.22. The van der Waals surface area contributed by atoms with Gasteiger partial charge in [0.05, 0.1) is 26.3 Å². The van der Waals surface area contributed by atoms with Crippen LogP contribution in [0.5, 0.6) is 5.75 Å². The fraction of sp³-hybridized carbons (Fsp3) is 0.300.